The minimum absolute atomic E-state index is 0.00237. The maximum absolute atomic E-state index is 12.2. The highest BCUT2D eigenvalue weighted by atomic mass is 32.2. The number of hydrogen-bond donors (Lipinski definition) is 1. The second-order valence-corrected chi connectivity index (χ2v) is 8.04. The molecule has 7 nitrogen and oxygen atoms in total. The Morgan fingerprint density at radius 3 is 2.55 bits per heavy atom. The highest BCUT2D eigenvalue weighted by Crippen LogP contribution is 2.37. The fourth-order valence-corrected chi connectivity index (χ4v) is 5.11. The predicted molar refractivity (Wildman–Crippen MR) is 79.9 cm³/mol. The number of aryl methyl sites for hydroxylation is 1. The van der Waals surface area contributed by atoms with Crippen molar-refractivity contribution in [1.82, 2.24) is 14.8 Å². The SMILES string of the molecule is CCc1cc(C(=O)NC2C[C@H]3CC[C@@H](C2)N3S(C)(=O)=O)no1. The van der Waals surface area contributed by atoms with Crippen molar-refractivity contribution in [3.05, 3.63) is 17.5 Å². The summed E-state index contributed by atoms with van der Waals surface area (Å²) in [6, 6.07) is 1.64. The van der Waals surface area contributed by atoms with Crippen LogP contribution in [0.15, 0.2) is 10.6 Å². The van der Waals surface area contributed by atoms with Gasteiger partial charge in [-0.1, -0.05) is 12.1 Å². The molecule has 1 N–H and O–H groups in total. The number of aromatic nitrogens is 1. The summed E-state index contributed by atoms with van der Waals surface area (Å²) < 4.78 is 30.4. The van der Waals surface area contributed by atoms with Gasteiger partial charge >= 0.3 is 0 Å². The minimum atomic E-state index is -3.17. The van der Waals surface area contributed by atoms with Gasteiger partial charge in [0.1, 0.15) is 5.76 Å². The molecular weight excluding hydrogens is 306 g/mol. The fourth-order valence-electron chi connectivity index (χ4n) is 3.64. The van der Waals surface area contributed by atoms with E-state index in [2.05, 4.69) is 10.5 Å². The molecule has 0 aliphatic carbocycles. The van der Waals surface area contributed by atoms with E-state index in [4.69, 9.17) is 4.52 Å². The molecule has 2 aliphatic rings. The van der Waals surface area contributed by atoms with Crippen molar-refractivity contribution < 1.29 is 17.7 Å². The van der Waals surface area contributed by atoms with Crippen LogP contribution >= 0.6 is 0 Å². The van der Waals surface area contributed by atoms with E-state index in [0.29, 0.717) is 25.0 Å². The molecule has 3 atom stereocenters. The van der Waals surface area contributed by atoms with E-state index < -0.39 is 10.0 Å². The van der Waals surface area contributed by atoms with Crippen molar-refractivity contribution in [3.8, 4) is 0 Å². The summed E-state index contributed by atoms with van der Waals surface area (Å²) in [4.78, 5) is 12.2. The lowest BCUT2D eigenvalue weighted by Crippen LogP contribution is -2.52. The van der Waals surface area contributed by atoms with E-state index in [1.807, 2.05) is 6.92 Å². The highest BCUT2D eigenvalue weighted by molar-refractivity contribution is 7.88. The molecule has 8 heteroatoms. The van der Waals surface area contributed by atoms with E-state index in [0.717, 1.165) is 12.8 Å². The van der Waals surface area contributed by atoms with Crippen molar-refractivity contribution in [3.63, 3.8) is 0 Å². The zero-order chi connectivity index (χ0) is 15.9. The van der Waals surface area contributed by atoms with Gasteiger partial charge in [0.25, 0.3) is 5.91 Å². The Morgan fingerprint density at radius 1 is 1.41 bits per heavy atom. The van der Waals surface area contributed by atoms with Crippen LogP contribution in [0.1, 0.15) is 48.9 Å². The number of carbonyl (C=O) groups is 1. The lowest BCUT2D eigenvalue weighted by molar-refractivity contribution is 0.0900. The number of carbonyl (C=O) groups excluding carboxylic acids is 1. The number of sulfonamides is 1. The topological polar surface area (TPSA) is 92.5 Å². The van der Waals surface area contributed by atoms with Crippen molar-refractivity contribution in [2.75, 3.05) is 6.26 Å². The summed E-state index contributed by atoms with van der Waals surface area (Å²) in [6.45, 7) is 1.93. The van der Waals surface area contributed by atoms with Gasteiger partial charge in [0.15, 0.2) is 5.69 Å². The molecule has 2 saturated heterocycles. The molecule has 3 heterocycles. The van der Waals surface area contributed by atoms with Crippen LogP contribution in [0, 0.1) is 0 Å². The summed E-state index contributed by atoms with van der Waals surface area (Å²) in [7, 11) is -3.17. The molecule has 0 spiro atoms. The van der Waals surface area contributed by atoms with Gasteiger partial charge < -0.3 is 9.84 Å². The van der Waals surface area contributed by atoms with Gasteiger partial charge in [-0.2, -0.15) is 4.31 Å². The Hall–Kier alpha value is -1.41. The van der Waals surface area contributed by atoms with Crippen molar-refractivity contribution in [2.45, 2.75) is 57.2 Å². The van der Waals surface area contributed by atoms with E-state index in [1.54, 1.807) is 10.4 Å². The maximum Gasteiger partial charge on any atom is 0.273 e. The molecular formula is C14H21N3O4S. The van der Waals surface area contributed by atoms with Gasteiger partial charge in [-0.05, 0) is 25.7 Å². The summed E-state index contributed by atoms with van der Waals surface area (Å²) in [6.07, 6.45) is 5.01. The normalized spacial score (nSPS) is 28.7. The number of nitrogens with one attached hydrogen (secondary N) is 1. The Balaban J connectivity index is 1.65. The fraction of sp³-hybridized carbons (Fsp3) is 0.714. The molecule has 122 valence electrons. The summed E-state index contributed by atoms with van der Waals surface area (Å²) in [5.74, 6) is 0.428. The van der Waals surface area contributed by atoms with Gasteiger partial charge in [0, 0.05) is 30.6 Å². The van der Waals surface area contributed by atoms with Crippen LogP contribution in [0.3, 0.4) is 0 Å². The summed E-state index contributed by atoms with van der Waals surface area (Å²) in [5.41, 5.74) is 0.287. The number of nitrogens with zero attached hydrogens (tertiary/aromatic N) is 2. The first-order valence-electron chi connectivity index (χ1n) is 7.63. The average molecular weight is 327 g/mol. The van der Waals surface area contributed by atoms with Crippen LogP contribution in [0.25, 0.3) is 0 Å². The summed E-state index contributed by atoms with van der Waals surface area (Å²) in [5, 5.41) is 6.73. The van der Waals surface area contributed by atoms with Crippen LogP contribution in [-0.4, -0.2) is 48.2 Å². The molecule has 2 fully saturated rings. The molecule has 1 aromatic heterocycles. The third-order valence-electron chi connectivity index (χ3n) is 4.52. The molecule has 1 unspecified atom stereocenters. The van der Waals surface area contributed by atoms with E-state index >= 15 is 0 Å². The van der Waals surface area contributed by atoms with E-state index in [-0.39, 0.29) is 29.7 Å². The molecule has 0 radical (unpaired) electrons. The molecule has 2 bridgehead atoms. The van der Waals surface area contributed by atoms with E-state index in [9.17, 15) is 13.2 Å². The molecule has 22 heavy (non-hydrogen) atoms. The van der Waals surface area contributed by atoms with Gasteiger partial charge in [-0.3, -0.25) is 4.79 Å². The third kappa shape index (κ3) is 2.89. The maximum atomic E-state index is 12.2. The Labute approximate surface area is 130 Å². The smallest absolute Gasteiger partial charge is 0.273 e. The second-order valence-electron chi connectivity index (χ2n) is 6.15. The Morgan fingerprint density at radius 2 is 2.05 bits per heavy atom. The number of hydrogen-bond acceptors (Lipinski definition) is 5. The predicted octanol–water partition coefficient (Wildman–Crippen LogP) is 0.922. The second kappa shape index (κ2) is 5.66. The largest absolute Gasteiger partial charge is 0.361 e. The third-order valence-corrected chi connectivity index (χ3v) is 5.89. The van der Waals surface area contributed by atoms with Gasteiger partial charge in [0.2, 0.25) is 10.0 Å². The van der Waals surface area contributed by atoms with E-state index in [1.165, 1.54) is 6.26 Å². The van der Waals surface area contributed by atoms with Crippen molar-refractivity contribution in [1.29, 1.82) is 0 Å². The Kier molecular flexibility index (Phi) is 3.98. The van der Waals surface area contributed by atoms with Crippen molar-refractivity contribution in [2.24, 2.45) is 0 Å². The molecule has 0 saturated carbocycles. The Bertz CT molecular complexity index is 655. The van der Waals surface area contributed by atoms with Crippen molar-refractivity contribution >= 4 is 15.9 Å². The molecule has 0 aromatic carbocycles. The number of amides is 1. The standard InChI is InChI=1S/C14H21N3O4S/c1-3-12-8-13(16-21-12)14(18)15-9-6-10-4-5-11(7-9)17(10)22(2,19)20/h8-11H,3-7H2,1-2H3,(H,15,18)/t9?,10-,11+. The van der Waals surface area contributed by atoms with Crippen LogP contribution in [0.4, 0.5) is 0 Å². The molecule has 1 aromatic rings. The monoisotopic (exact) mass is 327 g/mol. The number of rotatable bonds is 4. The first-order chi connectivity index (χ1) is 10.4. The molecule has 2 aliphatic heterocycles. The quantitative estimate of drug-likeness (QED) is 0.888. The van der Waals surface area contributed by atoms with Crippen LogP contribution in [0.5, 0.6) is 0 Å². The average Bonchev–Trinajstić information content (AvgIpc) is 3.02. The molecule has 3 rings (SSSR count). The minimum Gasteiger partial charge on any atom is -0.361 e. The number of piperidine rings is 1. The first-order valence-corrected chi connectivity index (χ1v) is 9.48. The summed E-state index contributed by atoms with van der Waals surface area (Å²) >= 11 is 0. The van der Waals surface area contributed by atoms with Gasteiger partial charge in [-0.25, -0.2) is 8.42 Å². The zero-order valence-corrected chi connectivity index (χ0v) is 13.6. The lowest BCUT2D eigenvalue weighted by atomic mass is 9.99. The van der Waals surface area contributed by atoms with Crippen LogP contribution < -0.4 is 5.32 Å². The number of fused-ring (bicyclic) bond motifs is 2. The van der Waals surface area contributed by atoms with Crippen LogP contribution in [0.2, 0.25) is 0 Å². The highest BCUT2D eigenvalue weighted by Gasteiger charge is 2.45. The van der Waals surface area contributed by atoms with Gasteiger partial charge in [0.05, 0.1) is 6.26 Å². The van der Waals surface area contributed by atoms with Crippen LogP contribution in [-0.2, 0) is 16.4 Å². The first kappa shape index (κ1) is 15.5. The lowest BCUT2D eigenvalue weighted by Gasteiger charge is -2.37. The molecule has 1 amide bonds. The zero-order valence-electron chi connectivity index (χ0n) is 12.8. The van der Waals surface area contributed by atoms with Gasteiger partial charge in [-0.15, -0.1) is 0 Å².